The number of nitrogens with one attached hydrogen (secondary N) is 1. The van der Waals surface area contributed by atoms with E-state index in [-0.39, 0.29) is 16.0 Å². The lowest BCUT2D eigenvalue weighted by atomic mass is 10.0. The lowest BCUT2D eigenvalue weighted by Gasteiger charge is -2.16. The zero-order valence-corrected chi connectivity index (χ0v) is 8.04. The fourth-order valence-corrected chi connectivity index (χ4v) is 1.34. The van der Waals surface area contributed by atoms with Gasteiger partial charge in [0.1, 0.15) is 10.5 Å². The quantitative estimate of drug-likeness (QED) is 0.719. The number of nitrogen functional groups attached to an aromatic ring is 1. The number of hydrogen-bond acceptors (Lipinski definition) is 3. The Morgan fingerprint density at radius 1 is 1.57 bits per heavy atom. The van der Waals surface area contributed by atoms with Crippen LogP contribution in [0.25, 0.3) is 0 Å². The number of nitrogens with zero attached hydrogens (tertiary/aromatic N) is 1. The maximum Gasteiger partial charge on any atom is 0.395 e. The number of alkyl halides is 3. The summed E-state index contributed by atoms with van der Waals surface area (Å²) >= 11 is 4.67. The topological polar surface area (TPSA) is 54.7 Å². The van der Waals surface area contributed by atoms with Crippen molar-refractivity contribution in [3.63, 3.8) is 0 Å². The van der Waals surface area contributed by atoms with Crippen molar-refractivity contribution in [3.8, 4) is 0 Å². The van der Waals surface area contributed by atoms with E-state index in [1.165, 1.54) is 6.33 Å². The van der Waals surface area contributed by atoms with Crippen molar-refractivity contribution < 1.29 is 13.2 Å². The zero-order valence-electron chi connectivity index (χ0n) is 7.22. The smallest absolute Gasteiger partial charge is 0.385 e. The van der Waals surface area contributed by atoms with Crippen LogP contribution in [0.2, 0.25) is 0 Å². The number of hydrogen-bond donors (Lipinski definition) is 2. The maximum absolute atomic E-state index is 12.4. The minimum atomic E-state index is -4.36. The molecule has 1 aromatic rings. The first-order chi connectivity index (χ1) is 6.34. The van der Waals surface area contributed by atoms with Gasteiger partial charge in [-0.25, -0.2) is 4.98 Å². The van der Waals surface area contributed by atoms with Gasteiger partial charge in [-0.3, -0.25) is 0 Å². The highest BCUT2D eigenvalue weighted by Crippen LogP contribution is 2.36. The summed E-state index contributed by atoms with van der Waals surface area (Å²) in [5, 5.41) is 0. The van der Waals surface area contributed by atoms with E-state index in [4.69, 9.17) is 5.73 Å². The SMILES string of the molecule is CC(c1c(N)[nH]cnc1=S)C(F)(F)F. The Labute approximate surface area is 83.2 Å². The van der Waals surface area contributed by atoms with Crippen molar-refractivity contribution in [1.82, 2.24) is 9.97 Å². The van der Waals surface area contributed by atoms with Gasteiger partial charge in [0.2, 0.25) is 0 Å². The summed E-state index contributed by atoms with van der Waals surface area (Å²) in [6, 6.07) is 0. The summed E-state index contributed by atoms with van der Waals surface area (Å²) in [6.07, 6.45) is -3.19. The third-order valence-electron chi connectivity index (χ3n) is 1.85. The van der Waals surface area contributed by atoms with Crippen molar-refractivity contribution in [2.75, 3.05) is 5.73 Å². The van der Waals surface area contributed by atoms with Gasteiger partial charge >= 0.3 is 6.18 Å². The Balaban J connectivity index is 3.26. The molecule has 0 radical (unpaired) electrons. The molecule has 0 spiro atoms. The molecular weight excluding hydrogens is 215 g/mol. The standard InChI is InChI=1S/C7H8F3N3S/c1-3(7(8,9)10)4-5(11)12-2-13-6(4)14/h2-3H,1H3,(H3,11,12,13,14). The molecule has 3 N–H and O–H groups in total. The van der Waals surface area contributed by atoms with Gasteiger partial charge in [-0.1, -0.05) is 12.2 Å². The van der Waals surface area contributed by atoms with Crippen LogP contribution in [-0.4, -0.2) is 16.1 Å². The van der Waals surface area contributed by atoms with E-state index in [0.29, 0.717) is 0 Å². The molecule has 0 saturated heterocycles. The first-order valence-corrected chi connectivity index (χ1v) is 4.14. The lowest BCUT2D eigenvalue weighted by molar-refractivity contribution is -0.146. The summed E-state index contributed by atoms with van der Waals surface area (Å²) in [5.41, 5.74) is 5.19. The molecule has 3 nitrogen and oxygen atoms in total. The number of H-pyrrole nitrogens is 1. The van der Waals surface area contributed by atoms with Gasteiger partial charge in [-0.05, 0) is 6.92 Å². The van der Waals surface area contributed by atoms with Crippen LogP contribution >= 0.6 is 12.2 Å². The van der Waals surface area contributed by atoms with E-state index in [1.807, 2.05) is 0 Å². The van der Waals surface area contributed by atoms with Crippen molar-refractivity contribution >= 4 is 18.0 Å². The zero-order chi connectivity index (χ0) is 10.9. The monoisotopic (exact) mass is 223 g/mol. The second kappa shape index (κ2) is 3.56. The first kappa shape index (κ1) is 11.0. The summed E-state index contributed by atoms with van der Waals surface area (Å²) in [5.74, 6) is -1.80. The third kappa shape index (κ3) is 2.03. The molecule has 0 aromatic carbocycles. The van der Waals surface area contributed by atoms with Crippen LogP contribution in [0.5, 0.6) is 0 Å². The average Bonchev–Trinajstić information content (AvgIpc) is 2.01. The minimum Gasteiger partial charge on any atom is -0.385 e. The van der Waals surface area contributed by atoms with Crippen molar-refractivity contribution in [1.29, 1.82) is 0 Å². The molecule has 0 amide bonds. The van der Waals surface area contributed by atoms with Gasteiger partial charge < -0.3 is 10.7 Å². The molecule has 1 rings (SSSR count). The first-order valence-electron chi connectivity index (χ1n) is 3.73. The Hall–Kier alpha value is -1.11. The molecule has 1 atom stereocenters. The summed E-state index contributed by atoms with van der Waals surface area (Å²) in [7, 11) is 0. The van der Waals surface area contributed by atoms with Crippen LogP contribution in [0.4, 0.5) is 19.0 Å². The van der Waals surface area contributed by atoms with Gasteiger partial charge in [0, 0.05) is 5.56 Å². The predicted molar refractivity (Wildman–Crippen MR) is 48.3 cm³/mol. The highest BCUT2D eigenvalue weighted by Gasteiger charge is 2.39. The molecule has 78 valence electrons. The predicted octanol–water partition coefficient (Wildman–Crippen LogP) is 2.39. The summed E-state index contributed by atoms with van der Waals surface area (Å²) in [6.45, 7) is 0.997. The normalized spacial score (nSPS) is 14.0. The summed E-state index contributed by atoms with van der Waals surface area (Å²) in [4.78, 5) is 5.95. The molecule has 1 unspecified atom stereocenters. The molecule has 1 aromatic heterocycles. The lowest BCUT2D eigenvalue weighted by Crippen LogP contribution is -2.20. The number of anilines is 1. The number of nitrogens with two attached hydrogens (primary N) is 1. The van der Waals surface area contributed by atoms with Crippen LogP contribution in [0, 0.1) is 4.64 Å². The van der Waals surface area contributed by atoms with Crippen LogP contribution in [0.15, 0.2) is 6.33 Å². The molecule has 0 aliphatic rings. The molecular formula is C7H8F3N3S. The molecule has 0 fully saturated rings. The van der Waals surface area contributed by atoms with Crippen LogP contribution < -0.4 is 5.73 Å². The Kier molecular flexibility index (Phi) is 2.79. The Bertz CT molecular complexity index is 385. The molecule has 0 bridgehead atoms. The van der Waals surface area contributed by atoms with Gasteiger partial charge in [0.15, 0.2) is 0 Å². The van der Waals surface area contributed by atoms with E-state index < -0.39 is 12.1 Å². The molecule has 7 heteroatoms. The molecule has 0 saturated carbocycles. The second-order valence-corrected chi connectivity index (χ2v) is 3.19. The van der Waals surface area contributed by atoms with E-state index in [2.05, 4.69) is 22.2 Å². The fraction of sp³-hybridized carbons (Fsp3) is 0.429. The average molecular weight is 223 g/mol. The van der Waals surface area contributed by atoms with Crippen molar-refractivity contribution in [2.45, 2.75) is 19.0 Å². The summed E-state index contributed by atoms with van der Waals surface area (Å²) < 4.78 is 36.9. The highest BCUT2D eigenvalue weighted by molar-refractivity contribution is 7.71. The van der Waals surface area contributed by atoms with Crippen LogP contribution in [0.1, 0.15) is 18.4 Å². The third-order valence-corrected chi connectivity index (χ3v) is 2.17. The Morgan fingerprint density at radius 3 is 2.57 bits per heavy atom. The largest absolute Gasteiger partial charge is 0.395 e. The maximum atomic E-state index is 12.4. The van der Waals surface area contributed by atoms with Crippen molar-refractivity contribution in [3.05, 3.63) is 16.5 Å². The van der Waals surface area contributed by atoms with E-state index >= 15 is 0 Å². The van der Waals surface area contributed by atoms with E-state index in [0.717, 1.165) is 6.92 Å². The molecule has 0 aliphatic carbocycles. The van der Waals surface area contributed by atoms with Gasteiger partial charge in [-0.2, -0.15) is 13.2 Å². The van der Waals surface area contributed by atoms with Crippen LogP contribution in [-0.2, 0) is 0 Å². The number of aromatic amines is 1. The van der Waals surface area contributed by atoms with Gasteiger partial charge in [0.25, 0.3) is 0 Å². The van der Waals surface area contributed by atoms with E-state index in [1.54, 1.807) is 0 Å². The molecule has 0 aliphatic heterocycles. The molecule has 1 heterocycles. The Morgan fingerprint density at radius 2 is 2.14 bits per heavy atom. The highest BCUT2D eigenvalue weighted by atomic mass is 32.1. The molecule has 14 heavy (non-hydrogen) atoms. The van der Waals surface area contributed by atoms with Crippen LogP contribution in [0.3, 0.4) is 0 Å². The van der Waals surface area contributed by atoms with Gasteiger partial charge in [-0.15, -0.1) is 0 Å². The van der Waals surface area contributed by atoms with Gasteiger partial charge in [0.05, 0.1) is 12.2 Å². The fourth-order valence-electron chi connectivity index (χ4n) is 1.01. The minimum absolute atomic E-state index is 0.0881. The number of rotatable bonds is 1. The van der Waals surface area contributed by atoms with E-state index in [9.17, 15) is 13.2 Å². The van der Waals surface area contributed by atoms with Crippen molar-refractivity contribution in [2.24, 2.45) is 0 Å². The number of aromatic nitrogens is 2. The second-order valence-electron chi connectivity index (χ2n) is 2.80. The number of halogens is 3.